The Hall–Kier alpha value is -1.59. The summed E-state index contributed by atoms with van der Waals surface area (Å²) in [7, 11) is 0. The lowest BCUT2D eigenvalue weighted by molar-refractivity contribution is 0.458. The third-order valence-corrected chi connectivity index (χ3v) is 2.86. The van der Waals surface area contributed by atoms with Crippen LogP contribution in [-0.4, -0.2) is 16.7 Å². The van der Waals surface area contributed by atoms with E-state index in [2.05, 4.69) is 34.7 Å². The second-order valence-corrected chi connectivity index (χ2v) is 5.45. The molecule has 1 aromatic carbocycles. The van der Waals surface area contributed by atoms with E-state index in [1.54, 1.807) is 0 Å². The zero-order valence-electron chi connectivity index (χ0n) is 11.7. The molecule has 0 atom stereocenters. The number of anilines is 1. The fraction of sp³-hybridized carbons (Fsp3) is 0.429. The van der Waals surface area contributed by atoms with E-state index in [-0.39, 0.29) is 0 Å². The van der Waals surface area contributed by atoms with Gasteiger partial charge in [0.25, 0.3) is 0 Å². The van der Waals surface area contributed by atoms with Gasteiger partial charge in [-0.25, -0.2) is 0 Å². The summed E-state index contributed by atoms with van der Waals surface area (Å²) in [6.45, 7) is 6.41. The van der Waals surface area contributed by atoms with E-state index in [4.69, 9.17) is 16.0 Å². The largest absolute Gasteiger partial charge is 0.407 e. The van der Waals surface area contributed by atoms with Crippen molar-refractivity contribution in [2.75, 3.05) is 11.9 Å². The van der Waals surface area contributed by atoms with Gasteiger partial charge in [0.2, 0.25) is 5.89 Å². The first-order chi connectivity index (χ1) is 9.63. The third-order valence-electron chi connectivity index (χ3n) is 2.63. The maximum atomic E-state index is 5.93. The minimum Gasteiger partial charge on any atom is -0.407 e. The monoisotopic (exact) mass is 294 g/mol. The Bertz CT molecular complexity index is 541. The highest BCUT2D eigenvalue weighted by Crippen LogP contribution is 2.12. The van der Waals surface area contributed by atoms with Crippen LogP contribution in [0.2, 0.25) is 5.02 Å². The van der Waals surface area contributed by atoms with Gasteiger partial charge >= 0.3 is 6.01 Å². The first-order valence-electron chi connectivity index (χ1n) is 6.65. The van der Waals surface area contributed by atoms with Gasteiger partial charge in [-0.3, -0.25) is 0 Å². The predicted molar refractivity (Wildman–Crippen MR) is 79.6 cm³/mol. The molecule has 0 aliphatic heterocycles. The van der Waals surface area contributed by atoms with Gasteiger partial charge in [0.1, 0.15) is 0 Å². The summed E-state index contributed by atoms with van der Waals surface area (Å²) in [5.41, 5.74) is 1.06. The second kappa shape index (κ2) is 7.26. The normalized spacial score (nSPS) is 11.0. The van der Waals surface area contributed by atoms with Crippen LogP contribution in [0.4, 0.5) is 6.01 Å². The molecule has 0 radical (unpaired) electrons. The Morgan fingerprint density at radius 3 is 2.85 bits per heavy atom. The molecule has 0 saturated heterocycles. The smallest absolute Gasteiger partial charge is 0.315 e. The molecule has 6 heteroatoms. The molecule has 0 aliphatic carbocycles. The molecule has 0 aliphatic rings. The van der Waals surface area contributed by atoms with Crippen molar-refractivity contribution in [3.63, 3.8) is 0 Å². The highest BCUT2D eigenvalue weighted by molar-refractivity contribution is 6.30. The second-order valence-electron chi connectivity index (χ2n) is 5.01. The Morgan fingerprint density at radius 2 is 2.10 bits per heavy atom. The van der Waals surface area contributed by atoms with Crippen molar-refractivity contribution >= 4 is 17.6 Å². The number of hydrogen-bond acceptors (Lipinski definition) is 5. The van der Waals surface area contributed by atoms with Crippen LogP contribution in [0.5, 0.6) is 0 Å². The van der Waals surface area contributed by atoms with Crippen molar-refractivity contribution in [3.05, 3.63) is 40.7 Å². The molecular weight excluding hydrogens is 276 g/mol. The lowest BCUT2D eigenvalue weighted by Crippen LogP contribution is -2.19. The molecule has 2 aromatic rings. The van der Waals surface area contributed by atoms with Crippen molar-refractivity contribution in [2.45, 2.75) is 26.9 Å². The molecule has 0 amide bonds. The summed E-state index contributed by atoms with van der Waals surface area (Å²) in [5.74, 6) is 1.18. The van der Waals surface area contributed by atoms with Crippen LogP contribution >= 0.6 is 11.6 Å². The van der Waals surface area contributed by atoms with Crippen molar-refractivity contribution in [3.8, 4) is 0 Å². The van der Waals surface area contributed by atoms with E-state index in [0.29, 0.717) is 35.9 Å². The molecule has 108 valence electrons. The molecule has 0 spiro atoms. The summed E-state index contributed by atoms with van der Waals surface area (Å²) in [6.07, 6.45) is 0. The number of rotatable bonds is 7. The maximum Gasteiger partial charge on any atom is 0.315 e. The highest BCUT2D eigenvalue weighted by Gasteiger charge is 2.05. The maximum absolute atomic E-state index is 5.93. The molecule has 0 fully saturated rings. The summed E-state index contributed by atoms with van der Waals surface area (Å²) in [6, 6.07) is 8.06. The average molecular weight is 295 g/mol. The Morgan fingerprint density at radius 1 is 1.25 bits per heavy atom. The number of nitrogens with one attached hydrogen (secondary N) is 2. The van der Waals surface area contributed by atoms with Gasteiger partial charge in [-0.1, -0.05) is 42.7 Å². The van der Waals surface area contributed by atoms with Gasteiger partial charge in [-0.2, -0.15) is 0 Å². The number of aromatic nitrogens is 2. The molecule has 2 N–H and O–H groups in total. The van der Waals surface area contributed by atoms with Crippen LogP contribution < -0.4 is 10.6 Å². The van der Waals surface area contributed by atoms with Gasteiger partial charge in [0.05, 0.1) is 6.54 Å². The summed E-state index contributed by atoms with van der Waals surface area (Å²) < 4.78 is 5.49. The predicted octanol–water partition coefficient (Wildman–Crippen LogP) is 3.08. The van der Waals surface area contributed by atoms with E-state index >= 15 is 0 Å². The Balaban J connectivity index is 1.80. The molecule has 2 rings (SSSR count). The first-order valence-corrected chi connectivity index (χ1v) is 7.02. The van der Waals surface area contributed by atoms with Crippen LogP contribution in [0.15, 0.2) is 28.7 Å². The fourth-order valence-corrected chi connectivity index (χ4v) is 1.90. The molecule has 0 bridgehead atoms. The standard InChI is InChI=1S/C14H19ClN4O/c1-10(2)7-16-9-13-18-19-14(20-13)17-8-11-4-3-5-12(15)6-11/h3-6,10,16H,7-9H2,1-2H3,(H,17,19). The molecule has 0 saturated carbocycles. The van der Waals surface area contributed by atoms with Crippen molar-refractivity contribution in [1.82, 2.24) is 15.5 Å². The zero-order chi connectivity index (χ0) is 14.4. The summed E-state index contributed by atoms with van der Waals surface area (Å²) in [5, 5.41) is 15.0. The van der Waals surface area contributed by atoms with E-state index in [0.717, 1.165) is 12.1 Å². The average Bonchev–Trinajstić information content (AvgIpc) is 2.84. The van der Waals surface area contributed by atoms with Crippen LogP contribution in [0.1, 0.15) is 25.3 Å². The molecular formula is C14H19ClN4O. The lowest BCUT2D eigenvalue weighted by Gasteiger charge is -2.04. The van der Waals surface area contributed by atoms with Gasteiger partial charge in [0.15, 0.2) is 0 Å². The quantitative estimate of drug-likeness (QED) is 0.821. The van der Waals surface area contributed by atoms with Crippen LogP contribution in [0.25, 0.3) is 0 Å². The number of benzene rings is 1. The highest BCUT2D eigenvalue weighted by atomic mass is 35.5. The number of halogens is 1. The van der Waals surface area contributed by atoms with E-state index in [1.807, 2.05) is 24.3 Å². The SMILES string of the molecule is CC(C)CNCc1nnc(NCc2cccc(Cl)c2)o1. The van der Waals surface area contributed by atoms with E-state index in [1.165, 1.54) is 0 Å². The van der Waals surface area contributed by atoms with Gasteiger partial charge in [0, 0.05) is 11.6 Å². The Kier molecular flexibility index (Phi) is 5.38. The number of hydrogen-bond donors (Lipinski definition) is 2. The topological polar surface area (TPSA) is 63.0 Å². The molecule has 20 heavy (non-hydrogen) atoms. The van der Waals surface area contributed by atoms with Crippen LogP contribution in [-0.2, 0) is 13.1 Å². The third kappa shape index (κ3) is 4.83. The van der Waals surface area contributed by atoms with E-state index < -0.39 is 0 Å². The van der Waals surface area contributed by atoms with Crippen LogP contribution in [0.3, 0.4) is 0 Å². The zero-order valence-corrected chi connectivity index (χ0v) is 12.4. The Labute approximate surface area is 123 Å². The minimum atomic E-state index is 0.423. The first kappa shape index (κ1) is 14.8. The van der Waals surface area contributed by atoms with Gasteiger partial charge in [-0.15, -0.1) is 5.10 Å². The van der Waals surface area contributed by atoms with Crippen molar-refractivity contribution in [1.29, 1.82) is 0 Å². The minimum absolute atomic E-state index is 0.423. The molecule has 0 unspecified atom stereocenters. The van der Waals surface area contributed by atoms with Gasteiger partial charge < -0.3 is 15.1 Å². The van der Waals surface area contributed by atoms with Crippen LogP contribution in [0, 0.1) is 5.92 Å². The number of nitrogens with zero attached hydrogens (tertiary/aromatic N) is 2. The summed E-state index contributed by atoms with van der Waals surface area (Å²) in [4.78, 5) is 0. The van der Waals surface area contributed by atoms with Crippen molar-refractivity contribution in [2.24, 2.45) is 5.92 Å². The molecule has 1 aromatic heterocycles. The molecule has 1 heterocycles. The summed E-state index contributed by atoms with van der Waals surface area (Å²) >= 11 is 5.93. The van der Waals surface area contributed by atoms with Crippen molar-refractivity contribution < 1.29 is 4.42 Å². The lowest BCUT2D eigenvalue weighted by atomic mass is 10.2. The fourth-order valence-electron chi connectivity index (χ4n) is 1.69. The van der Waals surface area contributed by atoms with E-state index in [9.17, 15) is 0 Å². The van der Waals surface area contributed by atoms with Gasteiger partial charge in [-0.05, 0) is 30.2 Å². The molecule has 5 nitrogen and oxygen atoms in total.